The molecule has 29 heavy (non-hydrogen) atoms. The minimum absolute atomic E-state index is 0.00552. The highest BCUT2D eigenvalue weighted by molar-refractivity contribution is 5.86. The van der Waals surface area contributed by atoms with Gasteiger partial charge in [-0.1, -0.05) is 31.5 Å². The van der Waals surface area contributed by atoms with Crippen molar-refractivity contribution in [3.8, 4) is 0 Å². The topological polar surface area (TPSA) is 101 Å². The maximum absolute atomic E-state index is 12.0. The Kier molecular flexibility index (Phi) is 9.71. The van der Waals surface area contributed by atoms with Crippen LogP contribution in [0.2, 0.25) is 0 Å². The molecule has 0 radical (unpaired) electrons. The maximum atomic E-state index is 12.0. The van der Waals surface area contributed by atoms with E-state index in [4.69, 9.17) is 4.74 Å². The molecule has 1 heterocycles. The third-order valence-electron chi connectivity index (χ3n) is 4.34. The van der Waals surface area contributed by atoms with Crippen molar-refractivity contribution in [2.45, 2.75) is 45.6 Å². The molecule has 0 bridgehead atoms. The minimum atomic E-state index is -0.409. The van der Waals surface area contributed by atoms with E-state index in [1.165, 1.54) is 0 Å². The molecule has 0 spiro atoms. The van der Waals surface area contributed by atoms with Crippen LogP contribution in [0.1, 0.15) is 39.0 Å². The van der Waals surface area contributed by atoms with Gasteiger partial charge in [-0.15, -0.1) is 0 Å². The number of benzene rings is 1. The Morgan fingerprint density at radius 3 is 2.48 bits per heavy atom. The van der Waals surface area contributed by atoms with Crippen molar-refractivity contribution in [2.24, 2.45) is 0 Å². The van der Waals surface area contributed by atoms with Gasteiger partial charge in [0.1, 0.15) is 6.54 Å². The van der Waals surface area contributed by atoms with Crippen LogP contribution in [0.15, 0.2) is 36.5 Å². The Hall–Kier alpha value is -2.87. The second kappa shape index (κ2) is 12.6. The van der Waals surface area contributed by atoms with Crippen LogP contribution in [0.5, 0.6) is 0 Å². The molecule has 0 unspecified atom stereocenters. The number of unbranched alkanes of at least 4 members (excludes halogenated alkanes) is 1. The SMILES string of the molecule is CCCCOCCCNC(=O)CCC(=O)NNC(=O)Cn1ccc2ccccc21. The van der Waals surface area contributed by atoms with E-state index >= 15 is 0 Å². The zero-order valence-corrected chi connectivity index (χ0v) is 16.9. The third kappa shape index (κ3) is 8.35. The number of carbonyl (C=O) groups is 3. The standard InChI is InChI=1S/C21H30N4O4/c1-2-3-14-29-15-6-12-22-19(26)9-10-20(27)23-24-21(28)16-25-13-11-17-7-4-5-8-18(17)25/h4-5,7-8,11,13H,2-3,6,9-10,12,14-16H2,1H3,(H,22,26)(H,23,27)(H,24,28). The fourth-order valence-electron chi connectivity index (χ4n) is 2.74. The molecule has 0 saturated carbocycles. The van der Waals surface area contributed by atoms with Gasteiger partial charge in [0, 0.05) is 44.3 Å². The summed E-state index contributed by atoms with van der Waals surface area (Å²) in [7, 11) is 0. The van der Waals surface area contributed by atoms with Crippen LogP contribution in [0.25, 0.3) is 10.9 Å². The summed E-state index contributed by atoms with van der Waals surface area (Å²) < 4.78 is 7.21. The molecule has 3 N–H and O–H groups in total. The summed E-state index contributed by atoms with van der Waals surface area (Å²) in [6.45, 7) is 4.08. The Labute approximate surface area is 170 Å². The molecule has 158 valence electrons. The first-order valence-corrected chi connectivity index (χ1v) is 10.1. The van der Waals surface area contributed by atoms with Crippen molar-refractivity contribution >= 4 is 28.6 Å². The lowest BCUT2D eigenvalue weighted by Gasteiger charge is -2.09. The molecule has 1 aromatic carbocycles. The molecule has 0 atom stereocenters. The van der Waals surface area contributed by atoms with E-state index in [1.807, 2.05) is 36.5 Å². The second-order valence-electron chi connectivity index (χ2n) is 6.77. The predicted molar refractivity (Wildman–Crippen MR) is 111 cm³/mol. The van der Waals surface area contributed by atoms with Gasteiger partial charge in [-0.3, -0.25) is 25.2 Å². The van der Waals surface area contributed by atoms with Crippen molar-refractivity contribution in [3.63, 3.8) is 0 Å². The summed E-state index contributed by atoms with van der Waals surface area (Å²) in [5.41, 5.74) is 5.67. The average Bonchev–Trinajstić information content (AvgIpc) is 3.13. The van der Waals surface area contributed by atoms with Crippen molar-refractivity contribution in [3.05, 3.63) is 36.5 Å². The zero-order valence-electron chi connectivity index (χ0n) is 16.9. The van der Waals surface area contributed by atoms with Gasteiger partial charge in [0.25, 0.3) is 5.91 Å². The molecule has 2 aromatic rings. The Morgan fingerprint density at radius 2 is 1.66 bits per heavy atom. The number of para-hydroxylation sites is 1. The van der Waals surface area contributed by atoms with Gasteiger partial charge >= 0.3 is 0 Å². The highest BCUT2D eigenvalue weighted by Gasteiger charge is 2.09. The van der Waals surface area contributed by atoms with Crippen molar-refractivity contribution < 1.29 is 19.1 Å². The smallest absolute Gasteiger partial charge is 0.258 e. The fraction of sp³-hybridized carbons (Fsp3) is 0.476. The van der Waals surface area contributed by atoms with Crippen LogP contribution in [0.3, 0.4) is 0 Å². The molecule has 0 saturated heterocycles. The lowest BCUT2D eigenvalue weighted by Crippen LogP contribution is -2.43. The number of ether oxygens (including phenoxy) is 1. The molecule has 0 aliphatic heterocycles. The summed E-state index contributed by atoms with van der Waals surface area (Å²) in [5, 5.41) is 3.80. The van der Waals surface area contributed by atoms with Crippen LogP contribution in [0.4, 0.5) is 0 Å². The molecular formula is C21H30N4O4. The highest BCUT2D eigenvalue weighted by atomic mass is 16.5. The van der Waals surface area contributed by atoms with Crippen LogP contribution in [0, 0.1) is 0 Å². The van der Waals surface area contributed by atoms with E-state index < -0.39 is 5.91 Å². The van der Waals surface area contributed by atoms with E-state index in [-0.39, 0.29) is 31.2 Å². The van der Waals surface area contributed by atoms with Crippen LogP contribution >= 0.6 is 0 Å². The first kappa shape index (κ1) is 22.4. The van der Waals surface area contributed by atoms with E-state index in [0.717, 1.165) is 36.8 Å². The van der Waals surface area contributed by atoms with E-state index in [9.17, 15) is 14.4 Å². The zero-order chi connectivity index (χ0) is 20.9. The fourth-order valence-corrected chi connectivity index (χ4v) is 2.74. The molecule has 0 aliphatic rings. The number of carbonyl (C=O) groups excluding carboxylic acids is 3. The lowest BCUT2D eigenvalue weighted by molar-refractivity contribution is -0.130. The number of rotatable bonds is 12. The molecule has 8 heteroatoms. The predicted octanol–water partition coefficient (Wildman–Crippen LogP) is 1.89. The molecule has 3 amide bonds. The van der Waals surface area contributed by atoms with E-state index in [0.29, 0.717) is 13.2 Å². The average molecular weight is 402 g/mol. The van der Waals surface area contributed by atoms with Gasteiger partial charge in [0.15, 0.2) is 0 Å². The van der Waals surface area contributed by atoms with Crippen LogP contribution < -0.4 is 16.2 Å². The van der Waals surface area contributed by atoms with Gasteiger partial charge in [0.05, 0.1) is 0 Å². The van der Waals surface area contributed by atoms with E-state index in [2.05, 4.69) is 23.1 Å². The van der Waals surface area contributed by atoms with E-state index in [1.54, 1.807) is 4.57 Å². The number of hydrazine groups is 1. The van der Waals surface area contributed by atoms with Crippen LogP contribution in [-0.4, -0.2) is 42.0 Å². The van der Waals surface area contributed by atoms with Crippen molar-refractivity contribution in [2.75, 3.05) is 19.8 Å². The van der Waals surface area contributed by atoms with Gasteiger partial charge < -0.3 is 14.6 Å². The maximum Gasteiger partial charge on any atom is 0.258 e. The summed E-state index contributed by atoms with van der Waals surface area (Å²) in [4.78, 5) is 35.6. The Morgan fingerprint density at radius 1 is 0.931 bits per heavy atom. The Balaban J connectivity index is 1.56. The number of nitrogens with zero attached hydrogens (tertiary/aromatic N) is 1. The summed E-state index contributed by atoms with van der Waals surface area (Å²) >= 11 is 0. The molecular weight excluding hydrogens is 372 g/mol. The normalized spacial score (nSPS) is 10.7. The minimum Gasteiger partial charge on any atom is -0.381 e. The quantitative estimate of drug-likeness (QED) is 0.373. The van der Waals surface area contributed by atoms with Crippen molar-refractivity contribution in [1.82, 2.24) is 20.7 Å². The molecule has 2 rings (SSSR count). The number of aromatic nitrogens is 1. The number of amides is 3. The molecule has 0 fully saturated rings. The number of nitrogens with one attached hydrogen (secondary N) is 3. The summed E-state index contributed by atoms with van der Waals surface area (Å²) in [6.07, 6.45) is 4.78. The van der Waals surface area contributed by atoms with Gasteiger partial charge in [-0.2, -0.15) is 0 Å². The van der Waals surface area contributed by atoms with Gasteiger partial charge in [-0.05, 0) is 30.4 Å². The first-order valence-electron chi connectivity index (χ1n) is 10.1. The monoisotopic (exact) mass is 402 g/mol. The first-order chi connectivity index (χ1) is 14.1. The van der Waals surface area contributed by atoms with Crippen molar-refractivity contribution in [1.29, 1.82) is 0 Å². The number of hydrogen-bond donors (Lipinski definition) is 3. The molecule has 8 nitrogen and oxygen atoms in total. The molecule has 0 aliphatic carbocycles. The number of fused-ring (bicyclic) bond motifs is 1. The summed E-state index contributed by atoms with van der Waals surface area (Å²) in [6, 6.07) is 9.66. The lowest BCUT2D eigenvalue weighted by atomic mass is 10.2. The Bertz CT molecular complexity index is 803. The molecule has 1 aromatic heterocycles. The van der Waals surface area contributed by atoms with Gasteiger partial charge in [0.2, 0.25) is 11.8 Å². The largest absolute Gasteiger partial charge is 0.381 e. The highest BCUT2D eigenvalue weighted by Crippen LogP contribution is 2.14. The van der Waals surface area contributed by atoms with Crippen LogP contribution in [-0.2, 0) is 25.7 Å². The third-order valence-corrected chi connectivity index (χ3v) is 4.34. The summed E-state index contributed by atoms with van der Waals surface area (Å²) in [5.74, 6) is -0.945. The number of hydrogen-bond acceptors (Lipinski definition) is 4. The van der Waals surface area contributed by atoms with Gasteiger partial charge in [-0.25, -0.2) is 0 Å². The second-order valence-corrected chi connectivity index (χ2v) is 6.77.